The number of carbonyl (C=O) groups excluding carboxylic acids is 3. The third-order valence-corrected chi connectivity index (χ3v) is 6.27. The average molecular weight is 445 g/mol. The molecule has 4 rings (SSSR count). The Balaban J connectivity index is 1.37. The molecule has 1 saturated heterocycles. The second-order valence-corrected chi connectivity index (χ2v) is 8.69. The molecule has 1 spiro atoms. The molecular formula is C21H24N4O5S. The average Bonchev–Trinajstić information content (AvgIpc) is 3.15. The third kappa shape index (κ3) is 4.91. The topological polar surface area (TPSA) is 111 Å². The van der Waals surface area contributed by atoms with E-state index in [0.717, 1.165) is 0 Å². The van der Waals surface area contributed by atoms with Gasteiger partial charge in [0.25, 0.3) is 0 Å². The van der Waals surface area contributed by atoms with Crippen molar-refractivity contribution in [3.05, 3.63) is 34.8 Å². The fraction of sp³-hybridized carbons (Fsp3) is 0.476. The van der Waals surface area contributed by atoms with Crippen LogP contribution in [0.3, 0.4) is 0 Å². The second kappa shape index (κ2) is 9.11. The summed E-state index contributed by atoms with van der Waals surface area (Å²) in [6.07, 6.45) is 1.40. The molecule has 1 unspecified atom stereocenters. The lowest BCUT2D eigenvalue weighted by Gasteiger charge is -2.37. The minimum Gasteiger partial charge on any atom is -0.486 e. The molecule has 0 bridgehead atoms. The predicted molar refractivity (Wildman–Crippen MR) is 113 cm³/mol. The van der Waals surface area contributed by atoms with Crippen LogP contribution >= 0.6 is 11.3 Å². The first-order valence-corrected chi connectivity index (χ1v) is 11.1. The van der Waals surface area contributed by atoms with E-state index < -0.39 is 5.60 Å². The quantitative estimate of drug-likeness (QED) is 0.728. The number of ether oxygens (including phenoxy) is 2. The van der Waals surface area contributed by atoms with Gasteiger partial charge in [0.1, 0.15) is 23.0 Å². The number of anilines is 1. The second-order valence-electron chi connectivity index (χ2n) is 7.63. The van der Waals surface area contributed by atoms with Gasteiger partial charge in [0, 0.05) is 26.0 Å². The Morgan fingerprint density at radius 2 is 2.13 bits per heavy atom. The molecule has 0 saturated carbocycles. The van der Waals surface area contributed by atoms with Gasteiger partial charge in [0.15, 0.2) is 5.78 Å². The number of likely N-dealkylation sites (tertiary alicyclic amines) is 1. The summed E-state index contributed by atoms with van der Waals surface area (Å²) in [5.41, 5.74) is -0.125. The Morgan fingerprint density at radius 3 is 2.97 bits per heavy atom. The summed E-state index contributed by atoms with van der Waals surface area (Å²) in [4.78, 5) is 39.2. The Kier molecular flexibility index (Phi) is 6.28. The molecule has 1 aromatic carbocycles. The number of aromatic nitrogens is 2. The molecule has 0 aliphatic carbocycles. The highest BCUT2D eigenvalue weighted by molar-refractivity contribution is 7.15. The molecule has 31 heavy (non-hydrogen) atoms. The van der Waals surface area contributed by atoms with E-state index in [4.69, 9.17) is 9.47 Å². The molecule has 2 aliphatic rings. The van der Waals surface area contributed by atoms with Gasteiger partial charge in [0.05, 0.1) is 18.5 Å². The zero-order valence-corrected chi connectivity index (χ0v) is 18.1. The summed E-state index contributed by atoms with van der Waals surface area (Å²) >= 11 is 1.24. The lowest BCUT2D eigenvalue weighted by atomic mass is 9.84. The van der Waals surface area contributed by atoms with Crippen molar-refractivity contribution < 1.29 is 23.9 Å². The SMILES string of the molecule is CCOCc1nnc(NC(=O)CN2CCC3(CCC2=O)CC(=O)c2ccccc2O3)s1. The normalized spacial score (nSPS) is 20.9. The van der Waals surface area contributed by atoms with Crippen molar-refractivity contribution in [3.63, 3.8) is 0 Å². The molecule has 1 fully saturated rings. The summed E-state index contributed by atoms with van der Waals surface area (Å²) in [6.45, 7) is 3.06. The standard InChI is InChI=1S/C21H24N4O5S/c1-2-29-13-18-23-24-20(31-18)22-17(27)12-25-10-9-21(8-7-19(25)28)11-15(26)14-5-3-4-6-16(14)30-21/h3-6H,2,7-13H2,1H3,(H,22,24,27). The first-order valence-electron chi connectivity index (χ1n) is 10.3. The van der Waals surface area contributed by atoms with Crippen LogP contribution in [0.25, 0.3) is 0 Å². The van der Waals surface area contributed by atoms with E-state index >= 15 is 0 Å². The molecule has 9 nitrogen and oxygen atoms in total. The molecule has 2 amide bonds. The van der Waals surface area contributed by atoms with Gasteiger partial charge >= 0.3 is 0 Å². The van der Waals surface area contributed by atoms with Crippen LogP contribution in [0.5, 0.6) is 5.75 Å². The van der Waals surface area contributed by atoms with Crippen molar-refractivity contribution in [1.29, 1.82) is 0 Å². The Morgan fingerprint density at radius 1 is 1.29 bits per heavy atom. The maximum Gasteiger partial charge on any atom is 0.245 e. The summed E-state index contributed by atoms with van der Waals surface area (Å²) in [7, 11) is 0. The molecule has 2 aliphatic heterocycles. The van der Waals surface area contributed by atoms with Crippen molar-refractivity contribution in [2.45, 2.75) is 44.8 Å². The van der Waals surface area contributed by atoms with Crippen molar-refractivity contribution >= 4 is 34.1 Å². The number of para-hydroxylation sites is 1. The fourth-order valence-corrected chi connectivity index (χ4v) is 4.55. The third-order valence-electron chi connectivity index (χ3n) is 5.46. The van der Waals surface area contributed by atoms with Crippen LogP contribution in [0.1, 0.15) is 48.0 Å². The van der Waals surface area contributed by atoms with Gasteiger partial charge < -0.3 is 14.4 Å². The van der Waals surface area contributed by atoms with Gasteiger partial charge in [-0.2, -0.15) is 0 Å². The number of Topliss-reactive ketones (excluding diaryl/α,β-unsaturated/α-hetero) is 1. The van der Waals surface area contributed by atoms with Crippen LogP contribution in [0.2, 0.25) is 0 Å². The number of nitrogens with one attached hydrogen (secondary N) is 1. The minimum absolute atomic E-state index is 0.0274. The van der Waals surface area contributed by atoms with Gasteiger partial charge in [-0.05, 0) is 25.5 Å². The van der Waals surface area contributed by atoms with Gasteiger partial charge in [-0.15, -0.1) is 10.2 Å². The summed E-state index contributed by atoms with van der Waals surface area (Å²) in [6, 6.07) is 7.19. The van der Waals surface area contributed by atoms with Gasteiger partial charge in [-0.3, -0.25) is 19.7 Å². The predicted octanol–water partition coefficient (Wildman–Crippen LogP) is 2.43. The van der Waals surface area contributed by atoms with E-state index in [9.17, 15) is 14.4 Å². The maximum atomic E-state index is 12.6. The Bertz CT molecular complexity index is 994. The van der Waals surface area contributed by atoms with Gasteiger partial charge in [-0.1, -0.05) is 23.5 Å². The monoisotopic (exact) mass is 444 g/mol. The van der Waals surface area contributed by atoms with Crippen LogP contribution in [-0.4, -0.2) is 58.0 Å². The zero-order chi connectivity index (χ0) is 21.8. The number of rotatable bonds is 6. The Hall–Kier alpha value is -2.85. The summed E-state index contributed by atoms with van der Waals surface area (Å²) < 4.78 is 11.5. The molecule has 10 heteroatoms. The molecule has 1 aromatic heterocycles. The highest BCUT2D eigenvalue weighted by Gasteiger charge is 2.43. The maximum absolute atomic E-state index is 12.6. The molecule has 0 radical (unpaired) electrons. The van der Waals surface area contributed by atoms with Crippen LogP contribution in [0.4, 0.5) is 5.13 Å². The number of benzene rings is 1. The number of ketones is 1. The highest BCUT2D eigenvalue weighted by Crippen LogP contribution is 2.39. The number of fused-ring (bicyclic) bond motifs is 1. The molecule has 3 heterocycles. The van der Waals surface area contributed by atoms with Crippen LogP contribution in [0.15, 0.2) is 24.3 Å². The van der Waals surface area contributed by atoms with E-state index in [-0.39, 0.29) is 37.0 Å². The van der Waals surface area contributed by atoms with Crippen LogP contribution < -0.4 is 10.1 Å². The zero-order valence-electron chi connectivity index (χ0n) is 17.3. The lowest BCUT2D eigenvalue weighted by Crippen LogP contribution is -2.43. The highest BCUT2D eigenvalue weighted by atomic mass is 32.1. The molecule has 1 atom stereocenters. The van der Waals surface area contributed by atoms with E-state index in [1.807, 2.05) is 19.1 Å². The van der Waals surface area contributed by atoms with Gasteiger partial charge in [0.2, 0.25) is 16.9 Å². The van der Waals surface area contributed by atoms with Crippen LogP contribution in [0, 0.1) is 0 Å². The number of amides is 2. The van der Waals surface area contributed by atoms with Crippen molar-refractivity contribution in [2.24, 2.45) is 0 Å². The number of nitrogens with zero attached hydrogens (tertiary/aromatic N) is 3. The fourth-order valence-electron chi connectivity index (χ4n) is 3.85. The van der Waals surface area contributed by atoms with Gasteiger partial charge in [-0.25, -0.2) is 0 Å². The van der Waals surface area contributed by atoms with E-state index in [2.05, 4.69) is 15.5 Å². The summed E-state index contributed by atoms with van der Waals surface area (Å²) in [5, 5.41) is 11.6. The first kappa shape index (κ1) is 21.4. The van der Waals surface area contributed by atoms with E-state index in [1.165, 1.54) is 16.2 Å². The molecule has 164 valence electrons. The largest absolute Gasteiger partial charge is 0.486 e. The van der Waals surface area contributed by atoms with Crippen LogP contribution in [-0.2, 0) is 20.9 Å². The van der Waals surface area contributed by atoms with Crippen molar-refractivity contribution in [3.8, 4) is 5.75 Å². The lowest BCUT2D eigenvalue weighted by molar-refractivity contribution is -0.134. The van der Waals surface area contributed by atoms with E-state index in [1.54, 1.807) is 12.1 Å². The first-order chi connectivity index (χ1) is 15.0. The van der Waals surface area contributed by atoms with Crippen molar-refractivity contribution in [1.82, 2.24) is 15.1 Å². The van der Waals surface area contributed by atoms with E-state index in [0.29, 0.717) is 54.1 Å². The number of hydrogen-bond donors (Lipinski definition) is 1. The Labute approximate surface area is 183 Å². The molecular weight excluding hydrogens is 420 g/mol. The smallest absolute Gasteiger partial charge is 0.245 e. The number of carbonyl (C=O) groups is 3. The van der Waals surface area contributed by atoms with Crippen molar-refractivity contribution in [2.75, 3.05) is 25.0 Å². The summed E-state index contributed by atoms with van der Waals surface area (Å²) in [5.74, 6) is 0.127. The number of hydrogen-bond acceptors (Lipinski definition) is 8. The molecule has 2 aromatic rings. The molecule has 1 N–H and O–H groups in total. The minimum atomic E-state index is -0.709.